The Bertz CT molecular complexity index is 730. The third-order valence-electron chi connectivity index (χ3n) is 3.74. The van der Waals surface area contributed by atoms with Crippen LogP contribution in [-0.2, 0) is 21.3 Å². The van der Waals surface area contributed by atoms with E-state index in [-0.39, 0.29) is 5.91 Å². The van der Waals surface area contributed by atoms with Crippen LogP contribution in [0.5, 0.6) is 5.75 Å². The molecule has 0 radical (unpaired) electrons. The van der Waals surface area contributed by atoms with E-state index >= 15 is 0 Å². The lowest BCUT2D eigenvalue weighted by molar-refractivity contribution is -0.115. The predicted molar refractivity (Wildman–Crippen MR) is 98.7 cm³/mol. The van der Waals surface area contributed by atoms with Crippen molar-refractivity contribution < 1.29 is 13.7 Å². The quantitative estimate of drug-likeness (QED) is 0.833. The highest BCUT2D eigenvalue weighted by Gasteiger charge is 2.21. The third-order valence-corrected chi connectivity index (χ3v) is 5.33. The highest BCUT2D eigenvalue weighted by atomic mass is 32.2. The summed E-state index contributed by atoms with van der Waals surface area (Å²) in [5, 5.41) is 2.24. The standard InChI is InChI=1S/C19H23NO3S/c1-4-23-18-12-8-6-10-16(18)13-24(22)15(3)19(21)20-17-11-7-5-9-14(17)2/h5-12,15H,4,13H2,1-3H3,(H,20,21). The molecule has 2 aromatic carbocycles. The molecule has 128 valence electrons. The van der Waals surface area contributed by atoms with Gasteiger partial charge in [-0.3, -0.25) is 9.00 Å². The maximum Gasteiger partial charge on any atom is 0.239 e. The maximum atomic E-state index is 12.6. The number of benzene rings is 2. The lowest BCUT2D eigenvalue weighted by Crippen LogP contribution is -2.30. The van der Waals surface area contributed by atoms with E-state index in [1.807, 2.05) is 62.4 Å². The van der Waals surface area contributed by atoms with Crippen molar-refractivity contribution in [2.24, 2.45) is 0 Å². The van der Waals surface area contributed by atoms with E-state index in [0.29, 0.717) is 12.4 Å². The molecule has 2 rings (SSSR count). The second-order valence-electron chi connectivity index (χ2n) is 5.51. The first kappa shape index (κ1) is 18.2. The molecule has 5 heteroatoms. The largest absolute Gasteiger partial charge is 0.494 e. The molecule has 0 aromatic heterocycles. The van der Waals surface area contributed by atoms with E-state index in [2.05, 4.69) is 5.32 Å². The Morgan fingerprint density at radius 1 is 1.17 bits per heavy atom. The number of para-hydroxylation sites is 2. The predicted octanol–water partition coefficient (Wildman–Crippen LogP) is 3.67. The summed E-state index contributed by atoms with van der Waals surface area (Å²) in [6.45, 7) is 6.07. The monoisotopic (exact) mass is 345 g/mol. The number of carbonyl (C=O) groups is 1. The van der Waals surface area contributed by atoms with E-state index in [0.717, 1.165) is 22.6 Å². The Hall–Kier alpha value is -2.14. The summed E-state index contributed by atoms with van der Waals surface area (Å²) in [6.07, 6.45) is 0. The second kappa shape index (κ2) is 8.64. The van der Waals surface area contributed by atoms with Crippen LogP contribution >= 0.6 is 0 Å². The summed E-state index contributed by atoms with van der Waals surface area (Å²) < 4.78 is 18.1. The third kappa shape index (κ3) is 4.68. The van der Waals surface area contributed by atoms with E-state index < -0.39 is 16.0 Å². The first-order chi connectivity index (χ1) is 11.5. The molecule has 24 heavy (non-hydrogen) atoms. The van der Waals surface area contributed by atoms with E-state index in [9.17, 15) is 9.00 Å². The molecule has 0 aliphatic carbocycles. The Morgan fingerprint density at radius 3 is 2.54 bits per heavy atom. The molecule has 0 heterocycles. The second-order valence-corrected chi connectivity index (χ2v) is 7.27. The van der Waals surface area contributed by atoms with Gasteiger partial charge in [0, 0.05) is 22.1 Å². The zero-order chi connectivity index (χ0) is 17.5. The molecule has 0 aliphatic heterocycles. The number of aryl methyl sites for hydroxylation is 1. The van der Waals surface area contributed by atoms with Gasteiger partial charge < -0.3 is 10.1 Å². The summed E-state index contributed by atoms with van der Waals surface area (Å²) in [5.74, 6) is 0.773. The number of anilines is 1. The summed E-state index contributed by atoms with van der Waals surface area (Å²) in [4.78, 5) is 12.4. The molecule has 0 aliphatic rings. The van der Waals surface area contributed by atoms with Crippen LogP contribution < -0.4 is 10.1 Å². The van der Waals surface area contributed by atoms with Crippen LogP contribution in [0, 0.1) is 6.92 Å². The topological polar surface area (TPSA) is 55.4 Å². The molecule has 1 N–H and O–H groups in total. The van der Waals surface area contributed by atoms with Gasteiger partial charge in [0.05, 0.1) is 12.4 Å². The van der Waals surface area contributed by atoms with Crippen molar-refractivity contribution in [2.75, 3.05) is 11.9 Å². The number of nitrogens with one attached hydrogen (secondary N) is 1. The number of ether oxygens (including phenoxy) is 1. The van der Waals surface area contributed by atoms with Gasteiger partial charge in [-0.05, 0) is 38.5 Å². The Morgan fingerprint density at radius 2 is 1.83 bits per heavy atom. The molecule has 0 bridgehead atoms. The van der Waals surface area contributed by atoms with E-state index in [1.54, 1.807) is 6.92 Å². The van der Waals surface area contributed by atoms with E-state index in [4.69, 9.17) is 4.74 Å². The number of amides is 1. The smallest absolute Gasteiger partial charge is 0.239 e. The van der Waals surface area contributed by atoms with Gasteiger partial charge in [-0.25, -0.2) is 0 Å². The molecule has 0 saturated carbocycles. The molecule has 2 atom stereocenters. The Labute approximate surface area is 145 Å². The molecule has 0 saturated heterocycles. The Kier molecular flexibility index (Phi) is 6.55. The van der Waals surface area contributed by atoms with Crippen molar-refractivity contribution in [3.63, 3.8) is 0 Å². The van der Waals surface area contributed by atoms with Crippen LogP contribution in [-0.4, -0.2) is 22.0 Å². The minimum atomic E-state index is -1.33. The van der Waals surface area contributed by atoms with Crippen LogP contribution in [0.1, 0.15) is 25.0 Å². The first-order valence-corrected chi connectivity index (χ1v) is 9.35. The van der Waals surface area contributed by atoms with Crippen LogP contribution in [0.15, 0.2) is 48.5 Å². The van der Waals surface area contributed by atoms with Gasteiger partial charge in [0.15, 0.2) is 0 Å². The van der Waals surface area contributed by atoms with Gasteiger partial charge >= 0.3 is 0 Å². The van der Waals surface area contributed by atoms with E-state index in [1.165, 1.54) is 0 Å². The summed E-state index contributed by atoms with van der Waals surface area (Å²) in [6, 6.07) is 15.0. The van der Waals surface area contributed by atoms with Gasteiger partial charge in [0.1, 0.15) is 11.0 Å². The lowest BCUT2D eigenvalue weighted by Gasteiger charge is -2.15. The van der Waals surface area contributed by atoms with Gasteiger partial charge in [-0.15, -0.1) is 0 Å². The fourth-order valence-corrected chi connectivity index (χ4v) is 3.36. The summed E-state index contributed by atoms with van der Waals surface area (Å²) >= 11 is 0. The van der Waals surface area contributed by atoms with Gasteiger partial charge in [-0.1, -0.05) is 36.4 Å². The molecular formula is C19H23NO3S. The molecule has 0 spiro atoms. The lowest BCUT2D eigenvalue weighted by atomic mass is 10.2. The normalized spacial score (nSPS) is 13.1. The SMILES string of the molecule is CCOc1ccccc1CS(=O)C(C)C(=O)Nc1ccccc1C. The minimum Gasteiger partial charge on any atom is -0.494 e. The number of carbonyl (C=O) groups excluding carboxylic acids is 1. The van der Waals surface area contributed by atoms with Crippen molar-refractivity contribution in [1.29, 1.82) is 0 Å². The van der Waals surface area contributed by atoms with Gasteiger partial charge in [0.2, 0.25) is 5.91 Å². The van der Waals surface area contributed by atoms with Gasteiger partial charge in [0.25, 0.3) is 0 Å². The van der Waals surface area contributed by atoms with Crippen LogP contribution in [0.4, 0.5) is 5.69 Å². The fourth-order valence-electron chi connectivity index (χ4n) is 2.26. The molecule has 2 aromatic rings. The van der Waals surface area contributed by atoms with Crippen molar-refractivity contribution in [3.05, 3.63) is 59.7 Å². The molecule has 0 fully saturated rings. The Balaban J connectivity index is 2.04. The van der Waals surface area contributed by atoms with Crippen LogP contribution in [0.25, 0.3) is 0 Å². The molecular weight excluding hydrogens is 322 g/mol. The van der Waals surface area contributed by atoms with Crippen molar-refractivity contribution in [3.8, 4) is 5.75 Å². The number of hydrogen-bond donors (Lipinski definition) is 1. The summed E-state index contributed by atoms with van der Waals surface area (Å²) in [7, 11) is -1.33. The zero-order valence-corrected chi connectivity index (χ0v) is 15.1. The highest BCUT2D eigenvalue weighted by molar-refractivity contribution is 7.85. The number of rotatable bonds is 7. The highest BCUT2D eigenvalue weighted by Crippen LogP contribution is 2.21. The average molecular weight is 345 g/mol. The minimum absolute atomic E-state index is 0.239. The van der Waals surface area contributed by atoms with Crippen LogP contribution in [0.2, 0.25) is 0 Å². The zero-order valence-electron chi connectivity index (χ0n) is 14.2. The van der Waals surface area contributed by atoms with Crippen molar-refractivity contribution in [2.45, 2.75) is 31.8 Å². The first-order valence-electron chi connectivity index (χ1n) is 7.97. The number of hydrogen-bond acceptors (Lipinski definition) is 3. The average Bonchev–Trinajstić information content (AvgIpc) is 2.58. The van der Waals surface area contributed by atoms with Crippen LogP contribution in [0.3, 0.4) is 0 Å². The van der Waals surface area contributed by atoms with Crippen molar-refractivity contribution >= 4 is 22.4 Å². The fraction of sp³-hybridized carbons (Fsp3) is 0.316. The maximum absolute atomic E-state index is 12.6. The molecule has 1 amide bonds. The van der Waals surface area contributed by atoms with Crippen molar-refractivity contribution in [1.82, 2.24) is 0 Å². The van der Waals surface area contributed by atoms with Gasteiger partial charge in [-0.2, -0.15) is 0 Å². The summed E-state index contributed by atoms with van der Waals surface area (Å²) in [5.41, 5.74) is 2.58. The molecule has 2 unspecified atom stereocenters. The molecule has 4 nitrogen and oxygen atoms in total.